The Labute approximate surface area is 198 Å². The van der Waals surface area contributed by atoms with E-state index >= 15 is 0 Å². The fourth-order valence-electron chi connectivity index (χ4n) is 3.00. The minimum Gasteiger partial charge on any atom is -0.495 e. The second-order valence-corrected chi connectivity index (χ2v) is 7.24. The fraction of sp³-hybridized carbons (Fsp3) is 0.192. The van der Waals surface area contributed by atoms with Gasteiger partial charge in [0, 0.05) is 5.56 Å². The van der Waals surface area contributed by atoms with E-state index in [1.165, 1.54) is 13.3 Å². The molecule has 0 aliphatic rings. The zero-order valence-corrected chi connectivity index (χ0v) is 19.3. The van der Waals surface area contributed by atoms with Crippen LogP contribution in [0.1, 0.15) is 28.4 Å². The van der Waals surface area contributed by atoms with E-state index in [0.29, 0.717) is 40.7 Å². The zero-order chi connectivity index (χ0) is 24.3. The van der Waals surface area contributed by atoms with Crippen molar-refractivity contribution in [3.8, 4) is 17.2 Å². The third-order valence-electron chi connectivity index (χ3n) is 4.70. The molecule has 3 aromatic carbocycles. The van der Waals surface area contributed by atoms with Gasteiger partial charge in [-0.25, -0.2) is 5.43 Å². The Balaban J connectivity index is 1.60. The van der Waals surface area contributed by atoms with Gasteiger partial charge in [0.15, 0.2) is 18.1 Å². The first-order valence-electron chi connectivity index (χ1n) is 10.7. The highest BCUT2D eigenvalue weighted by Crippen LogP contribution is 2.28. The highest BCUT2D eigenvalue weighted by atomic mass is 16.5. The lowest BCUT2D eigenvalue weighted by molar-refractivity contribution is -0.118. The Kier molecular flexibility index (Phi) is 8.62. The number of amides is 2. The Bertz CT molecular complexity index is 1160. The van der Waals surface area contributed by atoms with E-state index in [1.54, 1.807) is 48.5 Å². The van der Waals surface area contributed by atoms with Crippen molar-refractivity contribution in [2.24, 2.45) is 5.10 Å². The van der Waals surface area contributed by atoms with Crippen LogP contribution in [0.2, 0.25) is 0 Å². The van der Waals surface area contributed by atoms with Crippen LogP contribution in [-0.4, -0.2) is 38.4 Å². The average Bonchev–Trinajstić information content (AvgIpc) is 2.84. The number of carbonyl (C=O) groups is 2. The molecule has 0 unspecified atom stereocenters. The van der Waals surface area contributed by atoms with Crippen LogP contribution >= 0.6 is 0 Å². The predicted octanol–water partition coefficient (Wildman–Crippen LogP) is 4.18. The molecule has 0 radical (unpaired) electrons. The van der Waals surface area contributed by atoms with E-state index in [4.69, 9.17) is 14.2 Å². The van der Waals surface area contributed by atoms with Gasteiger partial charge in [-0.3, -0.25) is 9.59 Å². The van der Waals surface area contributed by atoms with E-state index < -0.39 is 0 Å². The van der Waals surface area contributed by atoms with Crippen molar-refractivity contribution in [2.45, 2.75) is 13.8 Å². The second-order valence-electron chi connectivity index (χ2n) is 7.24. The molecule has 0 saturated carbocycles. The topological polar surface area (TPSA) is 98.3 Å². The van der Waals surface area contributed by atoms with Crippen LogP contribution in [-0.2, 0) is 4.79 Å². The van der Waals surface area contributed by atoms with Crippen LogP contribution in [0, 0.1) is 6.92 Å². The van der Waals surface area contributed by atoms with Gasteiger partial charge >= 0.3 is 0 Å². The molecule has 176 valence electrons. The summed E-state index contributed by atoms with van der Waals surface area (Å²) in [5.74, 6) is 0.793. The minimum atomic E-state index is -0.337. The summed E-state index contributed by atoms with van der Waals surface area (Å²) in [4.78, 5) is 24.5. The summed E-state index contributed by atoms with van der Waals surface area (Å²) in [6.45, 7) is 4.00. The molecule has 0 aliphatic heterocycles. The first-order chi connectivity index (χ1) is 16.5. The Hall–Kier alpha value is -4.33. The van der Waals surface area contributed by atoms with E-state index in [2.05, 4.69) is 15.8 Å². The highest BCUT2D eigenvalue weighted by Gasteiger charge is 2.11. The van der Waals surface area contributed by atoms with Crippen LogP contribution in [0.4, 0.5) is 5.69 Å². The Morgan fingerprint density at radius 2 is 1.71 bits per heavy atom. The van der Waals surface area contributed by atoms with E-state index in [-0.39, 0.29) is 18.4 Å². The maximum atomic E-state index is 12.3. The normalized spacial score (nSPS) is 10.6. The quantitative estimate of drug-likeness (QED) is 0.349. The Morgan fingerprint density at radius 3 is 2.44 bits per heavy atom. The molecule has 0 heterocycles. The number of carbonyl (C=O) groups excluding carboxylic acids is 2. The number of methoxy groups -OCH3 is 1. The van der Waals surface area contributed by atoms with Crippen LogP contribution in [0.15, 0.2) is 71.8 Å². The lowest BCUT2D eigenvalue weighted by Crippen LogP contribution is -2.20. The van der Waals surface area contributed by atoms with Crippen LogP contribution in [0.3, 0.4) is 0 Å². The van der Waals surface area contributed by atoms with Crippen molar-refractivity contribution in [2.75, 3.05) is 25.6 Å². The van der Waals surface area contributed by atoms with Gasteiger partial charge in [0.2, 0.25) is 0 Å². The first-order valence-corrected chi connectivity index (χ1v) is 10.7. The predicted molar refractivity (Wildman–Crippen MR) is 131 cm³/mol. The number of anilines is 1. The monoisotopic (exact) mass is 461 g/mol. The molecule has 8 nitrogen and oxygen atoms in total. The average molecular weight is 462 g/mol. The minimum absolute atomic E-state index is 0.210. The summed E-state index contributed by atoms with van der Waals surface area (Å²) in [6.07, 6.45) is 1.51. The van der Waals surface area contributed by atoms with Gasteiger partial charge in [-0.15, -0.1) is 0 Å². The number of hydrogen-bond donors (Lipinski definition) is 2. The molecular weight excluding hydrogens is 434 g/mol. The molecule has 34 heavy (non-hydrogen) atoms. The number of nitrogens with one attached hydrogen (secondary N) is 2. The molecule has 0 aromatic heterocycles. The van der Waals surface area contributed by atoms with Crippen molar-refractivity contribution >= 4 is 23.7 Å². The highest BCUT2D eigenvalue weighted by molar-refractivity contribution is 5.95. The molecular formula is C26H27N3O5. The fourth-order valence-corrected chi connectivity index (χ4v) is 3.00. The third kappa shape index (κ3) is 6.83. The number of aryl methyl sites for hydroxylation is 1. The molecule has 3 rings (SSSR count). The van der Waals surface area contributed by atoms with E-state index in [9.17, 15) is 9.59 Å². The summed E-state index contributed by atoms with van der Waals surface area (Å²) in [6, 6.07) is 19.5. The molecule has 0 atom stereocenters. The SMILES string of the molecule is CCOc1cc(/C=N/NC(=O)c2ccc(C)cc2)ccc1OCC(=O)Nc1ccccc1OC. The number of hydrazone groups is 1. The van der Waals surface area contributed by atoms with Crippen LogP contribution in [0.25, 0.3) is 0 Å². The molecule has 0 spiro atoms. The molecule has 0 fully saturated rings. The van der Waals surface area contributed by atoms with Gasteiger partial charge in [0.1, 0.15) is 5.75 Å². The number of benzene rings is 3. The van der Waals surface area contributed by atoms with Crippen molar-refractivity contribution < 1.29 is 23.8 Å². The van der Waals surface area contributed by atoms with Gasteiger partial charge < -0.3 is 19.5 Å². The van der Waals surface area contributed by atoms with Crippen molar-refractivity contribution in [1.29, 1.82) is 0 Å². The molecule has 2 N–H and O–H groups in total. The number of nitrogens with zero attached hydrogens (tertiary/aromatic N) is 1. The van der Waals surface area contributed by atoms with E-state index in [0.717, 1.165) is 5.56 Å². The lowest BCUT2D eigenvalue weighted by atomic mass is 10.1. The van der Waals surface area contributed by atoms with Gasteiger partial charge in [0.25, 0.3) is 11.8 Å². The lowest BCUT2D eigenvalue weighted by Gasteiger charge is -2.13. The number of para-hydroxylation sites is 2. The summed E-state index contributed by atoms with van der Waals surface area (Å²) < 4.78 is 16.6. The molecule has 0 aliphatic carbocycles. The summed E-state index contributed by atoms with van der Waals surface area (Å²) in [5.41, 5.74) is 5.35. The van der Waals surface area contributed by atoms with Crippen LogP contribution in [0.5, 0.6) is 17.2 Å². The molecule has 0 saturated heterocycles. The van der Waals surface area contributed by atoms with E-state index in [1.807, 2.05) is 32.0 Å². The molecule has 8 heteroatoms. The van der Waals surface area contributed by atoms with Crippen molar-refractivity contribution in [1.82, 2.24) is 5.43 Å². The zero-order valence-electron chi connectivity index (χ0n) is 19.3. The second kappa shape index (κ2) is 12.1. The van der Waals surface area contributed by atoms with Gasteiger partial charge in [0.05, 0.1) is 25.6 Å². The van der Waals surface area contributed by atoms with Gasteiger partial charge in [-0.05, 0) is 61.9 Å². The molecule has 0 bridgehead atoms. The number of rotatable bonds is 10. The standard InChI is InChI=1S/C26H27N3O5/c1-4-33-24-15-19(16-27-29-26(31)20-12-9-18(2)10-13-20)11-14-23(24)34-17-25(30)28-21-7-5-6-8-22(21)32-3/h5-16H,4,17H2,1-3H3,(H,28,30)(H,29,31)/b27-16+. The number of ether oxygens (including phenoxy) is 3. The van der Waals surface area contributed by atoms with Crippen molar-refractivity contribution in [3.63, 3.8) is 0 Å². The smallest absolute Gasteiger partial charge is 0.271 e. The largest absolute Gasteiger partial charge is 0.495 e. The number of hydrogen-bond acceptors (Lipinski definition) is 6. The van der Waals surface area contributed by atoms with Crippen LogP contribution < -0.4 is 25.0 Å². The van der Waals surface area contributed by atoms with Gasteiger partial charge in [-0.2, -0.15) is 5.10 Å². The summed E-state index contributed by atoms with van der Waals surface area (Å²) in [7, 11) is 1.54. The molecule has 2 amide bonds. The van der Waals surface area contributed by atoms with Gasteiger partial charge in [-0.1, -0.05) is 29.8 Å². The molecule has 3 aromatic rings. The maximum absolute atomic E-state index is 12.3. The van der Waals surface area contributed by atoms with Crippen molar-refractivity contribution in [3.05, 3.63) is 83.4 Å². The third-order valence-corrected chi connectivity index (χ3v) is 4.70. The first kappa shape index (κ1) is 24.3. The summed E-state index contributed by atoms with van der Waals surface area (Å²) in [5, 5.41) is 6.77. The Morgan fingerprint density at radius 1 is 0.941 bits per heavy atom. The maximum Gasteiger partial charge on any atom is 0.271 e. The summed E-state index contributed by atoms with van der Waals surface area (Å²) >= 11 is 0.